The number of rotatable bonds is 5. The minimum Gasteiger partial charge on any atom is -0.322 e. The maximum Gasteiger partial charge on any atom is 0.255 e. The van der Waals surface area contributed by atoms with Crippen molar-refractivity contribution in [2.24, 2.45) is 0 Å². The average Bonchev–Trinajstić information content (AvgIpc) is 2.55. The molecule has 0 aliphatic heterocycles. The molecule has 0 radical (unpaired) electrons. The zero-order valence-electron chi connectivity index (χ0n) is 11.9. The third kappa shape index (κ3) is 4.57. The molecule has 2 N–H and O–H groups in total. The molecule has 7 heteroatoms. The molecule has 0 aliphatic rings. The Morgan fingerprint density at radius 3 is 2.52 bits per heavy atom. The second-order valence-corrected chi connectivity index (χ2v) is 6.72. The van der Waals surface area contributed by atoms with Gasteiger partial charge in [-0.2, -0.15) is 4.72 Å². The predicted molar refractivity (Wildman–Crippen MR) is 89.9 cm³/mol. The molecule has 23 heavy (non-hydrogen) atoms. The summed E-state index contributed by atoms with van der Waals surface area (Å²) in [5.41, 5.74) is 0.765. The lowest BCUT2D eigenvalue weighted by molar-refractivity contribution is 0.102. The standard InChI is InChI=1S/C16H13ClN2O3S/c1-2-10-18-23(21,22)15-5-3-4-12(11-15)16(20)19-14-8-6-13(17)7-9-14/h1,3-9,11,18H,10H2,(H,19,20). The molecule has 0 aromatic heterocycles. The summed E-state index contributed by atoms with van der Waals surface area (Å²) in [6, 6.07) is 12.3. The smallest absolute Gasteiger partial charge is 0.255 e. The lowest BCUT2D eigenvalue weighted by Crippen LogP contribution is -2.24. The van der Waals surface area contributed by atoms with Gasteiger partial charge in [-0.3, -0.25) is 4.79 Å². The third-order valence-electron chi connectivity index (χ3n) is 2.87. The van der Waals surface area contributed by atoms with E-state index in [4.69, 9.17) is 18.0 Å². The van der Waals surface area contributed by atoms with Gasteiger partial charge in [0.25, 0.3) is 5.91 Å². The number of hydrogen-bond acceptors (Lipinski definition) is 3. The van der Waals surface area contributed by atoms with Gasteiger partial charge in [0.05, 0.1) is 11.4 Å². The van der Waals surface area contributed by atoms with Crippen LogP contribution in [-0.2, 0) is 10.0 Å². The van der Waals surface area contributed by atoms with Crippen LogP contribution in [0.25, 0.3) is 0 Å². The fourth-order valence-corrected chi connectivity index (χ4v) is 2.87. The molecule has 0 atom stereocenters. The van der Waals surface area contributed by atoms with Crippen molar-refractivity contribution in [2.75, 3.05) is 11.9 Å². The monoisotopic (exact) mass is 348 g/mol. The number of halogens is 1. The number of benzene rings is 2. The first-order valence-electron chi connectivity index (χ1n) is 6.52. The average molecular weight is 349 g/mol. The number of nitrogens with one attached hydrogen (secondary N) is 2. The number of carbonyl (C=O) groups is 1. The molecular weight excluding hydrogens is 336 g/mol. The summed E-state index contributed by atoms with van der Waals surface area (Å²) in [6.45, 7) is -0.121. The van der Waals surface area contributed by atoms with Gasteiger partial charge in [0.1, 0.15) is 0 Å². The van der Waals surface area contributed by atoms with Crippen molar-refractivity contribution in [3.63, 3.8) is 0 Å². The topological polar surface area (TPSA) is 75.3 Å². The molecule has 0 unspecified atom stereocenters. The fraction of sp³-hybridized carbons (Fsp3) is 0.0625. The maximum absolute atomic E-state index is 12.2. The van der Waals surface area contributed by atoms with E-state index in [9.17, 15) is 13.2 Å². The van der Waals surface area contributed by atoms with Crippen LogP contribution in [0.4, 0.5) is 5.69 Å². The Hall–Kier alpha value is -2.33. The highest BCUT2D eigenvalue weighted by Crippen LogP contribution is 2.16. The molecule has 118 valence electrons. The minimum atomic E-state index is -3.75. The summed E-state index contributed by atoms with van der Waals surface area (Å²) in [5, 5.41) is 3.21. The van der Waals surface area contributed by atoms with Gasteiger partial charge in [0.2, 0.25) is 10.0 Å². The second kappa shape index (κ2) is 7.29. The van der Waals surface area contributed by atoms with Crippen molar-refractivity contribution in [3.05, 3.63) is 59.1 Å². The fourth-order valence-electron chi connectivity index (χ4n) is 1.76. The zero-order chi connectivity index (χ0) is 16.9. The summed E-state index contributed by atoms with van der Waals surface area (Å²) in [5.74, 6) is 1.76. The van der Waals surface area contributed by atoms with Gasteiger partial charge < -0.3 is 5.32 Å². The zero-order valence-corrected chi connectivity index (χ0v) is 13.5. The van der Waals surface area contributed by atoms with Crippen LogP contribution in [0.5, 0.6) is 0 Å². The molecule has 2 aromatic rings. The molecule has 0 saturated carbocycles. The molecule has 1 amide bonds. The van der Waals surface area contributed by atoms with Crippen molar-refractivity contribution in [3.8, 4) is 12.3 Å². The van der Waals surface area contributed by atoms with Crippen LogP contribution in [0.15, 0.2) is 53.4 Å². The molecule has 5 nitrogen and oxygen atoms in total. The minimum absolute atomic E-state index is 0.0310. The normalized spacial score (nSPS) is 10.8. The summed E-state index contributed by atoms with van der Waals surface area (Å²) in [6.07, 6.45) is 5.04. The van der Waals surface area contributed by atoms with Crippen molar-refractivity contribution < 1.29 is 13.2 Å². The van der Waals surface area contributed by atoms with E-state index in [2.05, 4.69) is 16.0 Å². The summed E-state index contributed by atoms with van der Waals surface area (Å²) in [7, 11) is -3.75. The van der Waals surface area contributed by atoms with E-state index in [1.165, 1.54) is 24.3 Å². The molecule has 0 saturated heterocycles. The highest BCUT2D eigenvalue weighted by molar-refractivity contribution is 7.89. The number of anilines is 1. The maximum atomic E-state index is 12.2. The number of carbonyl (C=O) groups excluding carboxylic acids is 1. The molecule has 0 aliphatic carbocycles. The Labute approximate surface area is 139 Å². The van der Waals surface area contributed by atoms with Gasteiger partial charge in [-0.05, 0) is 42.5 Å². The van der Waals surface area contributed by atoms with E-state index in [0.717, 1.165) is 0 Å². The van der Waals surface area contributed by atoms with Gasteiger partial charge in [-0.1, -0.05) is 23.6 Å². The van der Waals surface area contributed by atoms with Crippen LogP contribution in [-0.4, -0.2) is 20.9 Å². The number of hydrogen-bond donors (Lipinski definition) is 2. The molecule has 0 heterocycles. The van der Waals surface area contributed by atoms with Crippen LogP contribution < -0.4 is 10.0 Å². The third-order valence-corrected chi connectivity index (χ3v) is 4.52. The first-order valence-corrected chi connectivity index (χ1v) is 8.38. The van der Waals surface area contributed by atoms with Crippen LogP contribution >= 0.6 is 11.6 Å². The summed E-state index contributed by atoms with van der Waals surface area (Å²) >= 11 is 5.78. The largest absolute Gasteiger partial charge is 0.322 e. The van der Waals surface area contributed by atoms with E-state index >= 15 is 0 Å². The molecular formula is C16H13ClN2O3S. The Morgan fingerprint density at radius 1 is 1.17 bits per heavy atom. The molecule has 0 fully saturated rings. The predicted octanol–water partition coefficient (Wildman–Crippen LogP) is 2.50. The molecule has 2 aromatic carbocycles. The van der Waals surface area contributed by atoms with E-state index in [1.807, 2.05) is 0 Å². The molecule has 0 spiro atoms. The highest BCUT2D eigenvalue weighted by Gasteiger charge is 2.15. The van der Waals surface area contributed by atoms with Crippen LogP contribution in [0.3, 0.4) is 0 Å². The van der Waals surface area contributed by atoms with Crippen molar-refractivity contribution in [1.29, 1.82) is 0 Å². The van der Waals surface area contributed by atoms with Gasteiger partial charge in [-0.15, -0.1) is 6.42 Å². The van der Waals surface area contributed by atoms with E-state index in [-0.39, 0.29) is 17.0 Å². The highest BCUT2D eigenvalue weighted by atomic mass is 35.5. The lowest BCUT2D eigenvalue weighted by atomic mass is 10.2. The molecule has 2 rings (SSSR count). The Morgan fingerprint density at radius 2 is 1.87 bits per heavy atom. The van der Waals surface area contributed by atoms with Crippen molar-refractivity contribution in [1.82, 2.24) is 4.72 Å². The van der Waals surface area contributed by atoms with Gasteiger partial charge in [-0.25, -0.2) is 8.42 Å². The second-order valence-electron chi connectivity index (χ2n) is 4.52. The van der Waals surface area contributed by atoms with E-state index in [1.54, 1.807) is 24.3 Å². The number of terminal acetylenes is 1. The Kier molecular flexibility index (Phi) is 5.40. The van der Waals surface area contributed by atoms with E-state index in [0.29, 0.717) is 10.7 Å². The van der Waals surface area contributed by atoms with Gasteiger partial charge in [0, 0.05) is 16.3 Å². The Balaban J connectivity index is 2.20. The Bertz CT molecular complexity index is 856. The van der Waals surface area contributed by atoms with Crippen LogP contribution in [0.1, 0.15) is 10.4 Å². The van der Waals surface area contributed by atoms with Crippen LogP contribution in [0.2, 0.25) is 5.02 Å². The van der Waals surface area contributed by atoms with E-state index < -0.39 is 15.9 Å². The van der Waals surface area contributed by atoms with Crippen molar-refractivity contribution in [2.45, 2.75) is 4.90 Å². The first-order chi connectivity index (χ1) is 10.9. The van der Waals surface area contributed by atoms with Gasteiger partial charge >= 0.3 is 0 Å². The summed E-state index contributed by atoms with van der Waals surface area (Å²) < 4.78 is 26.3. The SMILES string of the molecule is C#CCNS(=O)(=O)c1cccc(C(=O)Nc2ccc(Cl)cc2)c1. The van der Waals surface area contributed by atoms with Gasteiger partial charge in [0.15, 0.2) is 0 Å². The van der Waals surface area contributed by atoms with Crippen LogP contribution in [0, 0.1) is 12.3 Å². The first kappa shape index (κ1) is 17.0. The molecule has 0 bridgehead atoms. The van der Waals surface area contributed by atoms with Crippen molar-refractivity contribution >= 4 is 33.2 Å². The quantitative estimate of drug-likeness (QED) is 0.815. The lowest BCUT2D eigenvalue weighted by Gasteiger charge is -2.08. The summed E-state index contributed by atoms with van der Waals surface area (Å²) in [4.78, 5) is 12.2. The number of amides is 1. The number of sulfonamides is 1.